The monoisotopic (exact) mass is 365 g/mol. The van der Waals surface area contributed by atoms with E-state index in [1.165, 1.54) is 13.0 Å². The number of benzene rings is 2. The number of carbonyl (C=O) groups excluding carboxylic acids is 3. The highest BCUT2D eigenvalue weighted by atomic mass is 16.2. The van der Waals surface area contributed by atoms with Gasteiger partial charge in [-0.1, -0.05) is 0 Å². The van der Waals surface area contributed by atoms with E-state index in [0.717, 1.165) is 5.69 Å². The van der Waals surface area contributed by atoms with Gasteiger partial charge in [0, 0.05) is 48.4 Å². The van der Waals surface area contributed by atoms with Crippen molar-refractivity contribution < 1.29 is 14.4 Å². The van der Waals surface area contributed by atoms with Crippen LogP contribution in [0.3, 0.4) is 0 Å². The molecule has 2 aromatic carbocycles. The number of Topliss-reactive ketones (excluding diaryl/α,β-unsaturated/α-hetero) is 1. The van der Waals surface area contributed by atoms with Crippen LogP contribution in [-0.2, 0) is 9.59 Å². The molecule has 6 heteroatoms. The molecule has 2 aromatic rings. The number of nitrogens with one attached hydrogen (secondary N) is 2. The number of carbonyl (C=O) groups is 3. The van der Waals surface area contributed by atoms with E-state index in [1.807, 2.05) is 31.1 Å². The van der Waals surface area contributed by atoms with E-state index < -0.39 is 5.91 Å². The Balaban J connectivity index is 1.97. The molecule has 2 rings (SSSR count). The molecule has 2 amide bonds. The molecule has 0 aromatic heterocycles. The summed E-state index contributed by atoms with van der Waals surface area (Å²) in [5.74, 6) is -0.810. The number of amides is 2. The molecule has 0 bridgehead atoms. The third-order valence-corrected chi connectivity index (χ3v) is 3.91. The van der Waals surface area contributed by atoms with E-state index in [0.29, 0.717) is 16.9 Å². The lowest BCUT2D eigenvalue weighted by Crippen LogP contribution is -2.16. The van der Waals surface area contributed by atoms with Crippen LogP contribution in [-0.4, -0.2) is 31.7 Å². The number of nitrogens with zero attached hydrogens (tertiary/aromatic N) is 1. The zero-order chi connectivity index (χ0) is 20.0. The first-order valence-corrected chi connectivity index (χ1v) is 8.45. The summed E-state index contributed by atoms with van der Waals surface area (Å²) in [7, 11) is 3.87. The molecule has 140 valence electrons. The second-order valence-electron chi connectivity index (χ2n) is 6.35. The highest BCUT2D eigenvalue weighted by Crippen LogP contribution is 2.16. The zero-order valence-corrected chi connectivity index (χ0v) is 15.9. The van der Waals surface area contributed by atoms with Crippen LogP contribution in [0.25, 0.3) is 0 Å². The lowest BCUT2D eigenvalue weighted by atomic mass is 10.1. The van der Waals surface area contributed by atoms with Gasteiger partial charge in [0.05, 0.1) is 0 Å². The summed E-state index contributed by atoms with van der Waals surface area (Å²) in [6, 6.07) is 14.0. The van der Waals surface area contributed by atoms with Crippen molar-refractivity contribution in [3.8, 4) is 0 Å². The van der Waals surface area contributed by atoms with Crippen molar-refractivity contribution in [3.63, 3.8) is 0 Å². The minimum absolute atomic E-state index is 0.0427. The van der Waals surface area contributed by atoms with Crippen molar-refractivity contribution in [2.45, 2.75) is 13.8 Å². The van der Waals surface area contributed by atoms with Gasteiger partial charge in [0.15, 0.2) is 5.78 Å². The molecule has 0 saturated heterocycles. The quantitative estimate of drug-likeness (QED) is 0.607. The van der Waals surface area contributed by atoms with Crippen molar-refractivity contribution in [1.29, 1.82) is 0 Å². The molecule has 0 aliphatic rings. The van der Waals surface area contributed by atoms with Gasteiger partial charge >= 0.3 is 0 Å². The molecule has 0 spiro atoms. The third kappa shape index (κ3) is 5.81. The van der Waals surface area contributed by atoms with Gasteiger partial charge in [0.25, 0.3) is 5.91 Å². The number of rotatable bonds is 6. The van der Waals surface area contributed by atoms with E-state index in [2.05, 4.69) is 10.6 Å². The van der Waals surface area contributed by atoms with Gasteiger partial charge in [0.2, 0.25) is 5.91 Å². The molecule has 6 nitrogen and oxygen atoms in total. The second-order valence-corrected chi connectivity index (χ2v) is 6.35. The van der Waals surface area contributed by atoms with Gasteiger partial charge in [-0.2, -0.15) is 0 Å². The molecule has 0 radical (unpaired) electrons. The Bertz CT molecular complexity index is 867. The Labute approximate surface area is 158 Å². The Kier molecular flexibility index (Phi) is 6.49. The Morgan fingerprint density at radius 1 is 0.815 bits per heavy atom. The normalized spacial score (nSPS) is 10.9. The molecular formula is C21H23N3O3. The number of hydrogen-bond donors (Lipinski definition) is 2. The summed E-state index contributed by atoms with van der Waals surface area (Å²) in [6.45, 7) is 3.05. The largest absolute Gasteiger partial charge is 0.378 e. The fourth-order valence-corrected chi connectivity index (χ4v) is 2.30. The van der Waals surface area contributed by atoms with E-state index in [4.69, 9.17) is 0 Å². The molecule has 0 fully saturated rings. The van der Waals surface area contributed by atoms with Crippen molar-refractivity contribution >= 4 is 34.7 Å². The minimum atomic E-state index is -0.416. The van der Waals surface area contributed by atoms with Crippen LogP contribution in [0.4, 0.5) is 17.1 Å². The van der Waals surface area contributed by atoms with E-state index >= 15 is 0 Å². The molecule has 0 heterocycles. The van der Waals surface area contributed by atoms with Crippen LogP contribution in [0.1, 0.15) is 24.2 Å². The van der Waals surface area contributed by atoms with Crippen LogP contribution >= 0.6 is 0 Å². The maximum absolute atomic E-state index is 12.2. The van der Waals surface area contributed by atoms with Gasteiger partial charge in [0.1, 0.15) is 0 Å². The average molecular weight is 365 g/mol. The smallest absolute Gasteiger partial charge is 0.251 e. The molecule has 0 aliphatic heterocycles. The second kappa shape index (κ2) is 8.80. The zero-order valence-electron chi connectivity index (χ0n) is 15.9. The van der Waals surface area contributed by atoms with Gasteiger partial charge < -0.3 is 15.5 Å². The first-order valence-electron chi connectivity index (χ1n) is 8.45. The highest BCUT2D eigenvalue weighted by Gasteiger charge is 2.08. The Morgan fingerprint density at radius 2 is 1.33 bits per heavy atom. The van der Waals surface area contributed by atoms with Crippen molar-refractivity contribution in [2.24, 2.45) is 0 Å². The van der Waals surface area contributed by atoms with Crippen LogP contribution in [0.15, 0.2) is 60.2 Å². The van der Waals surface area contributed by atoms with Gasteiger partial charge in [-0.25, -0.2) is 0 Å². The Morgan fingerprint density at radius 3 is 1.85 bits per heavy atom. The molecule has 27 heavy (non-hydrogen) atoms. The number of hydrogen-bond acceptors (Lipinski definition) is 4. The first-order chi connectivity index (χ1) is 12.8. The van der Waals surface area contributed by atoms with Crippen LogP contribution < -0.4 is 15.5 Å². The predicted molar refractivity (Wildman–Crippen MR) is 108 cm³/mol. The molecule has 2 N–H and O–H groups in total. The van der Waals surface area contributed by atoms with E-state index in [1.54, 1.807) is 43.3 Å². The fourth-order valence-electron chi connectivity index (χ4n) is 2.30. The van der Waals surface area contributed by atoms with Crippen LogP contribution in [0, 0.1) is 0 Å². The van der Waals surface area contributed by atoms with Crippen LogP contribution in [0.2, 0.25) is 0 Å². The molecular weight excluding hydrogens is 342 g/mol. The van der Waals surface area contributed by atoms with Crippen molar-refractivity contribution in [3.05, 3.63) is 65.7 Å². The lowest BCUT2D eigenvalue weighted by molar-refractivity contribution is -0.114. The summed E-state index contributed by atoms with van der Waals surface area (Å²) in [6.07, 6.45) is 1.24. The summed E-state index contributed by atoms with van der Waals surface area (Å²) >= 11 is 0. The van der Waals surface area contributed by atoms with Crippen molar-refractivity contribution in [1.82, 2.24) is 0 Å². The highest BCUT2D eigenvalue weighted by molar-refractivity contribution is 6.10. The topological polar surface area (TPSA) is 78.5 Å². The molecule has 0 saturated carbocycles. The number of anilines is 3. The standard InChI is InChI=1S/C21H23N3O3/c1-14(21(27)23-18-9-11-19(12-10-18)24(3)4)13-20(26)22-17-7-5-16(6-8-17)15(2)25/h5-13H,1-4H3,(H,22,26)(H,23,27)/b14-13-. The van der Waals surface area contributed by atoms with E-state index in [-0.39, 0.29) is 17.3 Å². The SMILES string of the molecule is CC(=O)c1ccc(NC(=O)/C=C(/C)C(=O)Nc2ccc(N(C)C)cc2)cc1. The maximum atomic E-state index is 12.2. The van der Waals surface area contributed by atoms with Gasteiger partial charge in [-0.15, -0.1) is 0 Å². The minimum Gasteiger partial charge on any atom is -0.378 e. The average Bonchev–Trinajstić information content (AvgIpc) is 2.62. The van der Waals surface area contributed by atoms with Crippen molar-refractivity contribution in [2.75, 3.05) is 29.6 Å². The summed E-state index contributed by atoms with van der Waals surface area (Å²) in [5, 5.41) is 5.42. The van der Waals surface area contributed by atoms with Gasteiger partial charge in [-0.05, 0) is 62.4 Å². The van der Waals surface area contributed by atoms with Crippen LogP contribution in [0.5, 0.6) is 0 Å². The fraction of sp³-hybridized carbons (Fsp3) is 0.190. The summed E-state index contributed by atoms with van der Waals surface area (Å²) in [4.78, 5) is 37.5. The van der Waals surface area contributed by atoms with Gasteiger partial charge in [-0.3, -0.25) is 14.4 Å². The number of ketones is 1. The summed E-state index contributed by atoms with van der Waals surface area (Å²) < 4.78 is 0. The Hall–Kier alpha value is -3.41. The lowest BCUT2D eigenvalue weighted by Gasteiger charge is -2.13. The molecule has 0 atom stereocenters. The summed E-state index contributed by atoms with van der Waals surface area (Å²) in [5.41, 5.74) is 3.08. The maximum Gasteiger partial charge on any atom is 0.251 e. The first kappa shape index (κ1) is 19.9. The predicted octanol–water partition coefficient (Wildman–Crippen LogP) is 3.48. The van der Waals surface area contributed by atoms with E-state index in [9.17, 15) is 14.4 Å². The third-order valence-electron chi connectivity index (χ3n) is 3.91. The molecule has 0 unspecified atom stereocenters. The molecule has 0 aliphatic carbocycles.